The lowest BCUT2D eigenvalue weighted by Crippen LogP contribution is -2.15. The minimum absolute atomic E-state index is 0.573. The second kappa shape index (κ2) is 4.89. The molecule has 3 nitrogen and oxygen atoms in total. The standard InChI is InChI=1S/C13H23N3/c1-10(2)8-16-9-13(7-14-16)15-11(3)6-12-4-5-12/h7,9-12,15H,4-6,8H2,1-3H3. The SMILES string of the molecule is CC(C)Cn1cc(NC(C)CC2CC2)cn1. The first-order valence-electron chi connectivity index (χ1n) is 6.42. The third-order valence-corrected chi connectivity index (χ3v) is 2.98. The fourth-order valence-electron chi connectivity index (χ4n) is 2.11. The Morgan fingerprint density at radius 3 is 2.81 bits per heavy atom. The molecule has 1 N–H and O–H groups in total. The molecule has 1 aliphatic carbocycles. The summed E-state index contributed by atoms with van der Waals surface area (Å²) in [6.07, 6.45) is 8.21. The fraction of sp³-hybridized carbons (Fsp3) is 0.769. The van der Waals surface area contributed by atoms with E-state index in [9.17, 15) is 0 Å². The second-order valence-corrected chi connectivity index (χ2v) is 5.57. The molecule has 1 saturated carbocycles. The van der Waals surface area contributed by atoms with Crippen molar-refractivity contribution in [2.45, 2.75) is 52.6 Å². The van der Waals surface area contributed by atoms with Crippen molar-refractivity contribution in [1.82, 2.24) is 9.78 Å². The zero-order valence-electron chi connectivity index (χ0n) is 10.6. The van der Waals surface area contributed by atoms with Crippen molar-refractivity contribution in [3.8, 4) is 0 Å². The molecule has 1 fully saturated rings. The molecule has 1 aromatic rings. The van der Waals surface area contributed by atoms with Crippen LogP contribution in [0.3, 0.4) is 0 Å². The molecule has 1 aromatic heterocycles. The molecular weight excluding hydrogens is 198 g/mol. The molecule has 0 aromatic carbocycles. The van der Waals surface area contributed by atoms with Gasteiger partial charge in [0, 0.05) is 18.8 Å². The van der Waals surface area contributed by atoms with Gasteiger partial charge in [-0.3, -0.25) is 4.68 Å². The Balaban J connectivity index is 1.81. The molecule has 1 unspecified atom stereocenters. The molecule has 0 spiro atoms. The van der Waals surface area contributed by atoms with Crippen LogP contribution in [-0.4, -0.2) is 15.8 Å². The second-order valence-electron chi connectivity index (χ2n) is 5.57. The summed E-state index contributed by atoms with van der Waals surface area (Å²) in [5, 5.41) is 7.88. The van der Waals surface area contributed by atoms with Gasteiger partial charge in [-0.25, -0.2) is 0 Å². The monoisotopic (exact) mass is 221 g/mol. The predicted molar refractivity (Wildman–Crippen MR) is 67.5 cm³/mol. The van der Waals surface area contributed by atoms with E-state index in [1.165, 1.54) is 19.3 Å². The van der Waals surface area contributed by atoms with Gasteiger partial charge in [-0.1, -0.05) is 26.7 Å². The Morgan fingerprint density at radius 2 is 2.19 bits per heavy atom. The van der Waals surface area contributed by atoms with Gasteiger partial charge in [0.2, 0.25) is 0 Å². The molecule has 3 heteroatoms. The maximum Gasteiger partial charge on any atom is 0.0728 e. The van der Waals surface area contributed by atoms with Crippen LogP contribution in [0.1, 0.15) is 40.0 Å². The van der Waals surface area contributed by atoms with Crippen LogP contribution in [0.2, 0.25) is 0 Å². The lowest BCUT2D eigenvalue weighted by Gasteiger charge is -2.12. The zero-order chi connectivity index (χ0) is 11.5. The molecule has 0 saturated heterocycles. The first kappa shape index (κ1) is 11.5. The first-order valence-corrected chi connectivity index (χ1v) is 6.42. The van der Waals surface area contributed by atoms with Gasteiger partial charge >= 0.3 is 0 Å². The molecule has 0 radical (unpaired) electrons. The lowest BCUT2D eigenvalue weighted by atomic mass is 10.1. The summed E-state index contributed by atoms with van der Waals surface area (Å²) < 4.78 is 2.02. The Bertz CT molecular complexity index is 326. The van der Waals surface area contributed by atoms with Crippen molar-refractivity contribution in [3.63, 3.8) is 0 Å². The molecule has 2 rings (SSSR count). The summed E-state index contributed by atoms with van der Waals surface area (Å²) >= 11 is 0. The van der Waals surface area contributed by atoms with E-state index in [1.807, 2.05) is 10.9 Å². The van der Waals surface area contributed by atoms with E-state index in [4.69, 9.17) is 0 Å². The van der Waals surface area contributed by atoms with Gasteiger partial charge < -0.3 is 5.32 Å². The Hall–Kier alpha value is -0.990. The maximum atomic E-state index is 4.36. The highest BCUT2D eigenvalue weighted by Gasteiger charge is 2.23. The highest BCUT2D eigenvalue weighted by molar-refractivity contribution is 5.39. The molecule has 0 amide bonds. The number of nitrogens with one attached hydrogen (secondary N) is 1. The topological polar surface area (TPSA) is 29.9 Å². The summed E-state index contributed by atoms with van der Waals surface area (Å²) in [5.41, 5.74) is 1.16. The number of aromatic nitrogens is 2. The molecule has 90 valence electrons. The Morgan fingerprint density at radius 1 is 1.44 bits per heavy atom. The number of anilines is 1. The Labute approximate surface area is 98.2 Å². The largest absolute Gasteiger partial charge is 0.380 e. The van der Waals surface area contributed by atoms with E-state index in [0.717, 1.165) is 18.2 Å². The average Bonchev–Trinajstić information content (AvgIpc) is 2.87. The first-order chi connectivity index (χ1) is 7.63. The van der Waals surface area contributed by atoms with Gasteiger partial charge in [0.15, 0.2) is 0 Å². The van der Waals surface area contributed by atoms with Crippen LogP contribution in [-0.2, 0) is 6.54 Å². The highest BCUT2D eigenvalue weighted by Crippen LogP contribution is 2.34. The molecule has 1 aliphatic rings. The van der Waals surface area contributed by atoms with Gasteiger partial charge in [-0.15, -0.1) is 0 Å². The van der Waals surface area contributed by atoms with Crippen molar-refractivity contribution < 1.29 is 0 Å². The predicted octanol–water partition coefficient (Wildman–Crippen LogP) is 3.14. The molecule has 0 bridgehead atoms. The van der Waals surface area contributed by atoms with E-state index in [2.05, 4.69) is 37.4 Å². The van der Waals surface area contributed by atoms with Gasteiger partial charge in [-0.2, -0.15) is 5.10 Å². The fourth-order valence-corrected chi connectivity index (χ4v) is 2.11. The van der Waals surface area contributed by atoms with Crippen LogP contribution in [0.4, 0.5) is 5.69 Å². The minimum atomic E-state index is 0.573. The van der Waals surface area contributed by atoms with Crippen molar-refractivity contribution in [2.24, 2.45) is 11.8 Å². The third kappa shape index (κ3) is 3.54. The van der Waals surface area contributed by atoms with E-state index in [1.54, 1.807) is 0 Å². The van der Waals surface area contributed by atoms with Crippen LogP contribution >= 0.6 is 0 Å². The van der Waals surface area contributed by atoms with Crippen molar-refractivity contribution in [1.29, 1.82) is 0 Å². The smallest absolute Gasteiger partial charge is 0.0728 e. The van der Waals surface area contributed by atoms with E-state index < -0.39 is 0 Å². The van der Waals surface area contributed by atoms with Crippen molar-refractivity contribution >= 4 is 5.69 Å². The van der Waals surface area contributed by atoms with Crippen molar-refractivity contribution in [2.75, 3.05) is 5.32 Å². The van der Waals surface area contributed by atoms with E-state index in [-0.39, 0.29) is 0 Å². The van der Waals surface area contributed by atoms with E-state index >= 15 is 0 Å². The number of rotatable bonds is 6. The maximum absolute atomic E-state index is 4.36. The molecule has 0 aliphatic heterocycles. The minimum Gasteiger partial charge on any atom is -0.380 e. The average molecular weight is 221 g/mol. The van der Waals surface area contributed by atoms with Crippen LogP contribution < -0.4 is 5.32 Å². The summed E-state index contributed by atoms with van der Waals surface area (Å²) in [7, 11) is 0. The third-order valence-electron chi connectivity index (χ3n) is 2.98. The van der Waals surface area contributed by atoms with Crippen LogP contribution in [0, 0.1) is 11.8 Å². The van der Waals surface area contributed by atoms with E-state index in [0.29, 0.717) is 12.0 Å². The lowest BCUT2D eigenvalue weighted by molar-refractivity contribution is 0.483. The molecular formula is C13H23N3. The van der Waals surface area contributed by atoms with Crippen LogP contribution in [0.5, 0.6) is 0 Å². The Kier molecular flexibility index (Phi) is 3.52. The van der Waals surface area contributed by atoms with Gasteiger partial charge in [0.25, 0.3) is 0 Å². The number of nitrogens with zero attached hydrogens (tertiary/aromatic N) is 2. The summed E-state index contributed by atoms with van der Waals surface area (Å²) in [6.45, 7) is 7.69. The summed E-state index contributed by atoms with van der Waals surface area (Å²) in [4.78, 5) is 0. The van der Waals surface area contributed by atoms with Crippen molar-refractivity contribution in [3.05, 3.63) is 12.4 Å². The van der Waals surface area contributed by atoms with Gasteiger partial charge in [0.1, 0.15) is 0 Å². The van der Waals surface area contributed by atoms with Crippen LogP contribution in [0.15, 0.2) is 12.4 Å². The van der Waals surface area contributed by atoms with Gasteiger partial charge in [0.05, 0.1) is 11.9 Å². The summed E-state index contributed by atoms with van der Waals surface area (Å²) in [5.74, 6) is 1.63. The molecule has 1 heterocycles. The van der Waals surface area contributed by atoms with Crippen LogP contribution in [0.25, 0.3) is 0 Å². The van der Waals surface area contributed by atoms with Gasteiger partial charge in [-0.05, 0) is 25.2 Å². The quantitative estimate of drug-likeness (QED) is 0.799. The summed E-state index contributed by atoms with van der Waals surface area (Å²) in [6, 6.07) is 0.573. The number of hydrogen-bond donors (Lipinski definition) is 1. The number of hydrogen-bond acceptors (Lipinski definition) is 2. The highest BCUT2D eigenvalue weighted by atomic mass is 15.3. The molecule has 1 atom stereocenters. The normalized spacial score (nSPS) is 17.8. The zero-order valence-corrected chi connectivity index (χ0v) is 10.6. The molecule has 16 heavy (non-hydrogen) atoms.